The maximum atomic E-state index is 13.5. The number of quaternary nitrogens is 1. The second-order valence-corrected chi connectivity index (χ2v) is 24.4. The summed E-state index contributed by atoms with van der Waals surface area (Å²) in [5, 5.41) is 3.02. The van der Waals surface area contributed by atoms with Crippen LogP contribution in [0.25, 0.3) is 0 Å². The van der Waals surface area contributed by atoms with Gasteiger partial charge < -0.3 is 28.5 Å². The minimum atomic E-state index is -4.70. The zero-order valence-electron chi connectivity index (χ0n) is 50.3. The van der Waals surface area contributed by atoms with Gasteiger partial charge in [0.1, 0.15) is 19.3 Å². The Morgan fingerprint density at radius 2 is 0.853 bits per heavy atom. The first-order chi connectivity index (χ1) is 36.4. The number of rotatable bonds is 58. The normalized spacial score (nSPS) is 14.0. The third kappa shape index (κ3) is 56.5. The molecular weight excluding hydrogens is 952 g/mol. The number of likely N-dealkylation sites (N-methyl/N-ethyl adjacent to an activating group) is 1. The van der Waals surface area contributed by atoms with Gasteiger partial charge in [0.2, 0.25) is 5.91 Å². The van der Waals surface area contributed by atoms with Gasteiger partial charge in [-0.25, -0.2) is 0 Å². The molecule has 75 heavy (non-hydrogen) atoms. The van der Waals surface area contributed by atoms with Crippen LogP contribution in [0.4, 0.5) is 0 Å². The number of phosphoric acid groups is 1. The van der Waals surface area contributed by atoms with E-state index in [0.717, 1.165) is 77.0 Å². The van der Waals surface area contributed by atoms with Gasteiger partial charge in [-0.1, -0.05) is 288 Å². The Balaban J connectivity index is 5.14. The SMILES string of the molecule is CC/C=C/C=C/C=C\CCCCCCCC(=O)NC(COP(=O)([O-])OCC[N+](C)(C)C)C(/C=C\CCCCCCCCCCCCC)OC(=O)CCCCCCCCCCCCCCCCCCCCCCCCC. The Hall–Kier alpha value is -2.03. The van der Waals surface area contributed by atoms with E-state index in [1.165, 1.54) is 186 Å². The molecule has 0 aromatic heterocycles. The third-order valence-electron chi connectivity index (χ3n) is 14.3. The summed E-state index contributed by atoms with van der Waals surface area (Å²) in [7, 11) is 1.18. The molecule has 0 aromatic rings. The summed E-state index contributed by atoms with van der Waals surface area (Å²) in [6, 6.07) is -0.896. The number of esters is 1. The Bertz CT molecular complexity index is 1420. The van der Waals surface area contributed by atoms with E-state index in [4.69, 9.17) is 13.8 Å². The van der Waals surface area contributed by atoms with Crippen LogP contribution < -0.4 is 10.2 Å². The van der Waals surface area contributed by atoms with Crippen molar-refractivity contribution in [3.05, 3.63) is 48.6 Å². The molecule has 9 nitrogen and oxygen atoms in total. The summed E-state index contributed by atoms with van der Waals surface area (Å²) in [4.78, 5) is 40.0. The molecule has 0 aliphatic heterocycles. The number of hydrogen-bond donors (Lipinski definition) is 1. The fourth-order valence-electron chi connectivity index (χ4n) is 9.41. The lowest BCUT2D eigenvalue weighted by Gasteiger charge is -2.30. The highest BCUT2D eigenvalue weighted by molar-refractivity contribution is 7.45. The van der Waals surface area contributed by atoms with Gasteiger partial charge in [0, 0.05) is 12.8 Å². The largest absolute Gasteiger partial charge is 0.756 e. The van der Waals surface area contributed by atoms with E-state index in [2.05, 4.69) is 62.5 Å². The van der Waals surface area contributed by atoms with Crippen LogP contribution in [-0.4, -0.2) is 69.4 Å². The summed E-state index contributed by atoms with van der Waals surface area (Å²) < 4.78 is 30.3. The van der Waals surface area contributed by atoms with Crippen molar-refractivity contribution >= 4 is 19.7 Å². The van der Waals surface area contributed by atoms with E-state index >= 15 is 0 Å². The van der Waals surface area contributed by atoms with Crippen molar-refractivity contribution in [2.24, 2.45) is 0 Å². The van der Waals surface area contributed by atoms with Crippen LogP contribution in [0.15, 0.2) is 48.6 Å². The smallest absolute Gasteiger partial charge is 0.306 e. The van der Waals surface area contributed by atoms with Crippen molar-refractivity contribution < 1.29 is 37.3 Å². The minimum absolute atomic E-state index is 0.0257. The summed E-state index contributed by atoms with van der Waals surface area (Å²) in [6.45, 7) is 6.73. The summed E-state index contributed by atoms with van der Waals surface area (Å²) in [5.74, 6) is -0.553. The lowest BCUT2D eigenvalue weighted by atomic mass is 10.0. The zero-order valence-corrected chi connectivity index (χ0v) is 51.2. The number of nitrogens with one attached hydrogen (secondary N) is 1. The number of unbranched alkanes of at least 4 members (excludes halogenated alkanes) is 38. The number of ether oxygens (including phenoxy) is 1. The van der Waals surface area contributed by atoms with Gasteiger partial charge in [-0.2, -0.15) is 0 Å². The molecule has 0 fully saturated rings. The Kier molecular flexibility index (Phi) is 53.8. The van der Waals surface area contributed by atoms with Crippen LogP contribution in [0.2, 0.25) is 0 Å². The van der Waals surface area contributed by atoms with E-state index in [9.17, 15) is 19.0 Å². The number of allylic oxidation sites excluding steroid dienone is 7. The summed E-state index contributed by atoms with van der Waals surface area (Å²) >= 11 is 0. The molecule has 0 aromatic carbocycles. The number of amides is 1. The van der Waals surface area contributed by atoms with Crippen LogP contribution in [0, 0.1) is 0 Å². The maximum absolute atomic E-state index is 13.5. The van der Waals surface area contributed by atoms with Gasteiger partial charge in [-0.3, -0.25) is 14.2 Å². The van der Waals surface area contributed by atoms with Crippen LogP contribution in [0.1, 0.15) is 303 Å². The van der Waals surface area contributed by atoms with Crippen molar-refractivity contribution in [2.75, 3.05) is 40.9 Å². The average molecular weight is 1080 g/mol. The first kappa shape index (κ1) is 73.0. The van der Waals surface area contributed by atoms with Gasteiger partial charge in [0.15, 0.2) is 0 Å². The highest BCUT2D eigenvalue weighted by Gasteiger charge is 2.27. The predicted molar refractivity (Wildman–Crippen MR) is 321 cm³/mol. The fourth-order valence-corrected chi connectivity index (χ4v) is 10.1. The molecular formula is C65H123N2O7P. The monoisotopic (exact) mass is 1070 g/mol. The molecule has 0 saturated carbocycles. The number of hydrogen-bond acceptors (Lipinski definition) is 7. The summed E-state index contributed by atoms with van der Waals surface area (Å²) in [6.07, 6.45) is 68.1. The Morgan fingerprint density at radius 3 is 1.27 bits per heavy atom. The molecule has 0 heterocycles. The zero-order chi connectivity index (χ0) is 55.0. The van der Waals surface area contributed by atoms with Crippen molar-refractivity contribution in [3.63, 3.8) is 0 Å². The third-order valence-corrected chi connectivity index (χ3v) is 15.3. The molecule has 0 radical (unpaired) electrons. The van der Waals surface area contributed by atoms with Gasteiger partial charge >= 0.3 is 5.97 Å². The standard InChI is InChI=1S/C65H123N2O7P/c1-7-10-13-16-19-22-25-28-29-30-31-32-33-34-35-36-37-40-43-46-49-52-55-58-65(69)74-63(56-53-50-47-44-41-38-26-23-20-17-14-11-8-2)62(61-73-75(70,71)72-60-59-67(4,5)6)66-64(68)57-54-51-48-45-42-39-27-24-21-18-15-12-9-3/h12,15,18,21,24,27,53,56,62-63H,7-11,13-14,16-17,19-20,22-23,25-26,28-52,54-55,57-61H2,1-6H3,(H-,66,68,70,71)/b15-12+,21-18+,27-24-,56-53-. The lowest BCUT2D eigenvalue weighted by molar-refractivity contribution is -0.870. The first-order valence-corrected chi connectivity index (χ1v) is 33.4. The van der Waals surface area contributed by atoms with Gasteiger partial charge in [0.25, 0.3) is 7.82 Å². The van der Waals surface area contributed by atoms with Crippen molar-refractivity contribution in [1.82, 2.24) is 5.32 Å². The van der Waals surface area contributed by atoms with Gasteiger partial charge in [-0.15, -0.1) is 0 Å². The highest BCUT2D eigenvalue weighted by atomic mass is 31.2. The number of nitrogens with zero attached hydrogens (tertiary/aromatic N) is 1. The molecule has 440 valence electrons. The van der Waals surface area contributed by atoms with Crippen LogP contribution in [0.5, 0.6) is 0 Å². The predicted octanol–water partition coefficient (Wildman–Crippen LogP) is 19.0. The Labute approximate surface area is 465 Å². The number of phosphoric ester groups is 1. The van der Waals surface area contributed by atoms with Crippen LogP contribution >= 0.6 is 7.82 Å². The topological polar surface area (TPSA) is 114 Å². The van der Waals surface area contributed by atoms with E-state index in [-0.39, 0.29) is 24.9 Å². The van der Waals surface area contributed by atoms with Gasteiger partial charge in [0.05, 0.1) is 33.8 Å². The average Bonchev–Trinajstić information content (AvgIpc) is 3.37. The highest BCUT2D eigenvalue weighted by Crippen LogP contribution is 2.38. The maximum Gasteiger partial charge on any atom is 0.306 e. The Morgan fingerprint density at radius 1 is 0.480 bits per heavy atom. The molecule has 3 unspecified atom stereocenters. The second kappa shape index (κ2) is 55.3. The summed E-state index contributed by atoms with van der Waals surface area (Å²) in [5.41, 5.74) is 0. The van der Waals surface area contributed by atoms with E-state index in [0.29, 0.717) is 23.9 Å². The van der Waals surface area contributed by atoms with Crippen LogP contribution in [-0.2, 0) is 27.9 Å². The fraction of sp³-hybridized carbons (Fsp3) is 0.846. The molecule has 0 saturated heterocycles. The lowest BCUT2D eigenvalue weighted by Crippen LogP contribution is -2.47. The molecule has 0 spiro atoms. The molecule has 10 heteroatoms. The van der Waals surface area contributed by atoms with E-state index < -0.39 is 26.6 Å². The molecule has 0 bridgehead atoms. The first-order valence-electron chi connectivity index (χ1n) is 32.0. The van der Waals surface area contributed by atoms with Crippen LogP contribution in [0.3, 0.4) is 0 Å². The minimum Gasteiger partial charge on any atom is -0.756 e. The molecule has 0 aliphatic carbocycles. The molecule has 1 amide bonds. The molecule has 0 rings (SSSR count). The van der Waals surface area contributed by atoms with Crippen molar-refractivity contribution in [3.8, 4) is 0 Å². The van der Waals surface area contributed by atoms with E-state index in [1.54, 1.807) is 0 Å². The van der Waals surface area contributed by atoms with E-state index in [1.807, 2.05) is 33.3 Å². The molecule has 0 aliphatic rings. The number of carbonyl (C=O) groups excluding carboxylic acids is 2. The second-order valence-electron chi connectivity index (χ2n) is 23.0. The van der Waals surface area contributed by atoms with Gasteiger partial charge in [-0.05, 0) is 51.0 Å². The quantitative estimate of drug-likeness (QED) is 0.0161. The van der Waals surface area contributed by atoms with Crippen molar-refractivity contribution in [2.45, 2.75) is 315 Å². The molecule has 3 atom stereocenters. The molecule has 1 N–H and O–H groups in total. The van der Waals surface area contributed by atoms with Crippen molar-refractivity contribution in [1.29, 1.82) is 0 Å². The number of carbonyl (C=O) groups is 2.